The Bertz CT molecular complexity index is 790. The van der Waals surface area contributed by atoms with E-state index in [0.717, 1.165) is 15.7 Å². The molecule has 0 aliphatic carbocycles. The number of aryl methyl sites for hydroxylation is 2. The maximum atomic E-state index is 13.6. The van der Waals surface area contributed by atoms with Crippen molar-refractivity contribution in [3.8, 4) is 0 Å². The van der Waals surface area contributed by atoms with Gasteiger partial charge in [0.25, 0.3) is 0 Å². The summed E-state index contributed by atoms with van der Waals surface area (Å²) in [6.45, 7) is 4.10. The van der Waals surface area contributed by atoms with E-state index in [9.17, 15) is 4.39 Å². The lowest BCUT2D eigenvalue weighted by molar-refractivity contribution is 0.608. The van der Waals surface area contributed by atoms with E-state index in [0.29, 0.717) is 23.6 Å². The summed E-state index contributed by atoms with van der Waals surface area (Å²) in [6, 6.07) is 7.47. The average molecular weight is 349 g/mol. The highest BCUT2D eigenvalue weighted by molar-refractivity contribution is 9.10. The molecule has 0 aliphatic heterocycles. The molecule has 0 unspecified atom stereocenters. The summed E-state index contributed by atoms with van der Waals surface area (Å²) in [7, 11) is 0. The van der Waals surface area contributed by atoms with Crippen molar-refractivity contribution in [2.24, 2.45) is 0 Å². The Hall–Kier alpha value is -1.95. The summed E-state index contributed by atoms with van der Waals surface area (Å²) in [5.41, 5.74) is 3.08. The second-order valence-electron chi connectivity index (χ2n) is 4.98. The molecule has 1 aromatic carbocycles. The zero-order chi connectivity index (χ0) is 15.0. The normalized spacial score (nSPS) is 11.0. The number of benzene rings is 1. The summed E-state index contributed by atoms with van der Waals surface area (Å²) in [5.74, 6) is 0.405. The van der Waals surface area contributed by atoms with Crippen LogP contribution in [-0.2, 0) is 6.54 Å². The van der Waals surface area contributed by atoms with Gasteiger partial charge in [0.1, 0.15) is 5.82 Å². The summed E-state index contributed by atoms with van der Waals surface area (Å²) >= 11 is 3.40. The first-order chi connectivity index (χ1) is 10.0. The Morgan fingerprint density at radius 1 is 1.24 bits per heavy atom. The minimum atomic E-state index is -0.144. The molecule has 0 aliphatic rings. The maximum Gasteiger partial charge on any atom is 0.243 e. The Morgan fingerprint density at radius 3 is 2.67 bits per heavy atom. The third-order valence-electron chi connectivity index (χ3n) is 3.24. The van der Waals surface area contributed by atoms with Gasteiger partial charge < -0.3 is 5.32 Å². The van der Waals surface area contributed by atoms with Crippen LogP contribution < -0.4 is 5.32 Å². The quantitative estimate of drug-likeness (QED) is 0.781. The first kappa shape index (κ1) is 14.0. The van der Waals surface area contributed by atoms with Gasteiger partial charge in [-0.15, -0.1) is 5.10 Å². The predicted molar refractivity (Wildman–Crippen MR) is 83.9 cm³/mol. The maximum absolute atomic E-state index is 13.6. The van der Waals surface area contributed by atoms with Gasteiger partial charge >= 0.3 is 0 Å². The van der Waals surface area contributed by atoms with Gasteiger partial charge in [-0.1, -0.05) is 12.1 Å². The first-order valence-corrected chi connectivity index (χ1v) is 7.33. The summed E-state index contributed by atoms with van der Waals surface area (Å²) in [6.07, 6.45) is 1.85. The van der Waals surface area contributed by atoms with Gasteiger partial charge in [0.05, 0.1) is 0 Å². The van der Waals surface area contributed by atoms with Gasteiger partial charge in [0.15, 0.2) is 5.65 Å². The second kappa shape index (κ2) is 5.44. The number of halogens is 2. The minimum absolute atomic E-state index is 0.144. The zero-order valence-corrected chi connectivity index (χ0v) is 13.3. The number of hydrogen-bond acceptors (Lipinski definition) is 3. The molecule has 0 spiro atoms. The first-order valence-electron chi connectivity index (χ1n) is 6.54. The van der Waals surface area contributed by atoms with Crippen LogP contribution in [0.15, 0.2) is 34.9 Å². The molecule has 0 atom stereocenters. The number of nitrogens with zero attached hydrogens (tertiary/aromatic N) is 3. The van der Waals surface area contributed by atoms with Crippen molar-refractivity contribution < 1.29 is 4.39 Å². The van der Waals surface area contributed by atoms with E-state index in [4.69, 9.17) is 0 Å². The lowest BCUT2D eigenvalue weighted by Crippen LogP contribution is -2.03. The van der Waals surface area contributed by atoms with E-state index < -0.39 is 0 Å². The molecule has 108 valence electrons. The molecule has 0 radical (unpaired) electrons. The Morgan fingerprint density at radius 2 is 1.95 bits per heavy atom. The molecule has 2 heterocycles. The largest absolute Gasteiger partial charge is 0.349 e. The van der Waals surface area contributed by atoms with E-state index >= 15 is 0 Å². The lowest BCUT2D eigenvalue weighted by atomic mass is 10.1. The van der Waals surface area contributed by atoms with Crippen LogP contribution in [0.5, 0.6) is 0 Å². The van der Waals surface area contributed by atoms with Crippen LogP contribution in [0.25, 0.3) is 5.65 Å². The Labute approximate surface area is 130 Å². The van der Waals surface area contributed by atoms with Gasteiger partial charge in [-0.25, -0.2) is 8.91 Å². The number of hydrogen-bond donors (Lipinski definition) is 1. The topological polar surface area (TPSA) is 42.2 Å². The van der Waals surface area contributed by atoms with E-state index in [2.05, 4.69) is 31.3 Å². The SMILES string of the molecule is Cc1cc(CNc2nc3ccc(Br)cn3n2)cc(C)c1F. The van der Waals surface area contributed by atoms with Crippen molar-refractivity contribution in [3.05, 3.63) is 57.4 Å². The molecule has 0 bridgehead atoms. The minimum Gasteiger partial charge on any atom is -0.349 e. The smallest absolute Gasteiger partial charge is 0.243 e. The van der Waals surface area contributed by atoms with Crippen LogP contribution in [-0.4, -0.2) is 14.6 Å². The van der Waals surface area contributed by atoms with Gasteiger partial charge in [0.2, 0.25) is 5.95 Å². The number of anilines is 1. The average Bonchev–Trinajstić information content (AvgIpc) is 2.84. The summed E-state index contributed by atoms with van der Waals surface area (Å²) < 4.78 is 16.2. The molecule has 21 heavy (non-hydrogen) atoms. The summed E-state index contributed by atoms with van der Waals surface area (Å²) in [5, 5.41) is 7.50. The molecule has 4 nitrogen and oxygen atoms in total. The number of rotatable bonds is 3. The van der Waals surface area contributed by atoms with E-state index in [-0.39, 0.29) is 5.82 Å². The van der Waals surface area contributed by atoms with Crippen molar-refractivity contribution in [2.45, 2.75) is 20.4 Å². The van der Waals surface area contributed by atoms with Crippen LogP contribution in [0.4, 0.5) is 10.3 Å². The van der Waals surface area contributed by atoms with Crippen molar-refractivity contribution in [1.82, 2.24) is 14.6 Å². The number of aromatic nitrogens is 3. The van der Waals surface area contributed by atoms with Gasteiger partial charge in [-0.3, -0.25) is 0 Å². The Kier molecular flexibility index (Phi) is 3.63. The highest BCUT2D eigenvalue weighted by Crippen LogP contribution is 2.16. The monoisotopic (exact) mass is 348 g/mol. The van der Waals surface area contributed by atoms with E-state index in [1.807, 2.05) is 30.5 Å². The molecular weight excluding hydrogens is 335 g/mol. The summed E-state index contributed by atoms with van der Waals surface area (Å²) in [4.78, 5) is 4.38. The van der Waals surface area contributed by atoms with Crippen LogP contribution in [0, 0.1) is 19.7 Å². The molecule has 3 rings (SSSR count). The number of nitrogens with one attached hydrogen (secondary N) is 1. The van der Waals surface area contributed by atoms with Gasteiger partial charge in [-0.05, 0) is 58.6 Å². The fraction of sp³-hybridized carbons (Fsp3) is 0.200. The van der Waals surface area contributed by atoms with Crippen molar-refractivity contribution in [2.75, 3.05) is 5.32 Å². The Balaban J connectivity index is 1.80. The second-order valence-corrected chi connectivity index (χ2v) is 5.90. The molecular formula is C15H14BrFN4. The third-order valence-corrected chi connectivity index (χ3v) is 3.71. The molecule has 0 saturated heterocycles. The fourth-order valence-corrected chi connectivity index (χ4v) is 2.58. The van der Waals surface area contributed by atoms with Crippen molar-refractivity contribution in [3.63, 3.8) is 0 Å². The molecule has 2 aromatic heterocycles. The highest BCUT2D eigenvalue weighted by Gasteiger charge is 2.06. The van der Waals surface area contributed by atoms with E-state index in [1.165, 1.54) is 0 Å². The third kappa shape index (κ3) is 2.90. The predicted octanol–water partition coefficient (Wildman–Crippen LogP) is 3.86. The van der Waals surface area contributed by atoms with Gasteiger partial charge in [-0.2, -0.15) is 4.98 Å². The number of pyridine rings is 1. The van der Waals surface area contributed by atoms with Crippen LogP contribution in [0.1, 0.15) is 16.7 Å². The fourth-order valence-electron chi connectivity index (χ4n) is 2.25. The number of fused-ring (bicyclic) bond motifs is 1. The molecule has 3 aromatic rings. The molecule has 0 amide bonds. The highest BCUT2D eigenvalue weighted by atomic mass is 79.9. The van der Waals surface area contributed by atoms with E-state index in [1.54, 1.807) is 18.4 Å². The van der Waals surface area contributed by atoms with Gasteiger partial charge in [0, 0.05) is 17.2 Å². The van der Waals surface area contributed by atoms with Crippen molar-refractivity contribution >= 4 is 27.5 Å². The lowest BCUT2D eigenvalue weighted by Gasteiger charge is -2.07. The molecule has 0 saturated carbocycles. The molecule has 0 fully saturated rings. The van der Waals surface area contributed by atoms with Crippen LogP contribution >= 0.6 is 15.9 Å². The zero-order valence-electron chi connectivity index (χ0n) is 11.7. The van der Waals surface area contributed by atoms with Crippen LogP contribution in [0.2, 0.25) is 0 Å². The van der Waals surface area contributed by atoms with Crippen molar-refractivity contribution in [1.29, 1.82) is 0 Å². The molecule has 6 heteroatoms. The van der Waals surface area contributed by atoms with Crippen LogP contribution in [0.3, 0.4) is 0 Å². The standard InChI is InChI=1S/C15H14BrFN4/c1-9-5-11(6-10(2)14(9)17)7-18-15-19-13-4-3-12(16)8-21(13)20-15/h3-6,8H,7H2,1-2H3,(H,18,20). The molecule has 1 N–H and O–H groups in total.